The van der Waals surface area contributed by atoms with Crippen LogP contribution in [-0.4, -0.2) is 175 Å². The molecule has 3 rings (SSSR count). The summed E-state index contributed by atoms with van der Waals surface area (Å²) in [5.41, 5.74) is 30.5. The van der Waals surface area contributed by atoms with E-state index in [1.807, 2.05) is 44.2 Å². The number of aliphatic hydroxyl groups excluding tert-OH is 2. The summed E-state index contributed by atoms with van der Waals surface area (Å²) in [6, 6.07) is -3.59. The molecular formula is C54H93N15O12. The van der Waals surface area contributed by atoms with Gasteiger partial charge in [0.1, 0.15) is 54.4 Å². The quantitative estimate of drug-likeness (QED) is 0.0462. The third kappa shape index (κ3) is 23.9. The van der Waals surface area contributed by atoms with Gasteiger partial charge in [-0.05, 0) is 121 Å². The molecule has 456 valence electrons. The molecule has 1 aromatic rings. The van der Waals surface area contributed by atoms with E-state index < -0.39 is 139 Å². The molecule has 1 aromatic carbocycles. The second kappa shape index (κ2) is 36.2. The molecule has 27 heteroatoms. The Morgan fingerprint density at radius 2 is 1.12 bits per heavy atom. The minimum absolute atomic E-state index is 0.000531. The van der Waals surface area contributed by atoms with Crippen molar-refractivity contribution in [1.82, 2.24) is 53.2 Å². The molecule has 27 nitrogen and oxygen atoms in total. The van der Waals surface area contributed by atoms with Crippen molar-refractivity contribution in [1.29, 1.82) is 0 Å². The zero-order chi connectivity index (χ0) is 60.2. The SMILES string of the molecule is CC(C)C[C@@H]1NC(=O)[C@@H](CC2CCCCC2)NC(=O)[C@H](CCN)NC(=O)[C@@H](NC(=O)[C@H](CCN)NC(=O)[C@@H](NC(=O)C[C@H](CN)Cc2ccccc2)[C@@H](C)O)CCNC(=O)[C@H]([C@@H](C)O)NC(=O)[C@H](CCN)NC(=O)[C@H](CCN)NC1=O. The third-order valence-electron chi connectivity index (χ3n) is 14.3. The number of carbonyl (C=O) groups excluding carboxylic acids is 10. The van der Waals surface area contributed by atoms with Gasteiger partial charge in [-0.15, -0.1) is 0 Å². The van der Waals surface area contributed by atoms with Crippen molar-refractivity contribution >= 4 is 59.1 Å². The van der Waals surface area contributed by atoms with Gasteiger partial charge < -0.3 is 92.0 Å². The Morgan fingerprint density at radius 1 is 0.605 bits per heavy atom. The Hall–Kier alpha value is -6.36. The molecule has 10 amide bonds. The van der Waals surface area contributed by atoms with Crippen molar-refractivity contribution in [2.75, 3.05) is 39.3 Å². The van der Waals surface area contributed by atoms with Crippen molar-refractivity contribution < 1.29 is 58.2 Å². The molecule has 1 heterocycles. The molecule has 0 spiro atoms. The predicted octanol–water partition coefficient (Wildman–Crippen LogP) is -4.75. The smallest absolute Gasteiger partial charge is 0.245 e. The van der Waals surface area contributed by atoms with Gasteiger partial charge in [0, 0.05) is 13.0 Å². The molecule has 2 fully saturated rings. The molecule has 1 saturated carbocycles. The number of hydrogen-bond acceptors (Lipinski definition) is 17. The number of amides is 10. The van der Waals surface area contributed by atoms with Gasteiger partial charge in [-0.25, -0.2) is 0 Å². The summed E-state index contributed by atoms with van der Waals surface area (Å²) in [7, 11) is 0. The van der Waals surface area contributed by atoms with Gasteiger partial charge in [-0.2, -0.15) is 0 Å². The Kier molecular flexibility index (Phi) is 30.8. The van der Waals surface area contributed by atoms with E-state index in [0.29, 0.717) is 6.42 Å². The van der Waals surface area contributed by atoms with Crippen LogP contribution in [-0.2, 0) is 54.4 Å². The monoisotopic (exact) mass is 1140 g/mol. The number of hydrogen-bond donors (Lipinski definition) is 17. The van der Waals surface area contributed by atoms with Gasteiger partial charge in [0.05, 0.1) is 12.2 Å². The minimum Gasteiger partial charge on any atom is -0.391 e. The predicted molar refractivity (Wildman–Crippen MR) is 301 cm³/mol. The van der Waals surface area contributed by atoms with E-state index in [1.165, 1.54) is 13.8 Å². The van der Waals surface area contributed by atoms with Crippen LogP contribution in [0.15, 0.2) is 30.3 Å². The Balaban J connectivity index is 2.06. The average Bonchev–Trinajstić information content (AvgIpc) is 3.42. The first kappa shape index (κ1) is 68.9. The van der Waals surface area contributed by atoms with Crippen molar-refractivity contribution in [3.63, 3.8) is 0 Å². The Labute approximate surface area is 474 Å². The average molecular weight is 1140 g/mol. The highest BCUT2D eigenvalue weighted by Gasteiger charge is 2.38. The van der Waals surface area contributed by atoms with Crippen LogP contribution in [0.1, 0.15) is 117 Å². The maximum Gasteiger partial charge on any atom is 0.245 e. The van der Waals surface area contributed by atoms with Crippen LogP contribution in [0, 0.1) is 17.8 Å². The van der Waals surface area contributed by atoms with Crippen LogP contribution in [0.3, 0.4) is 0 Å². The van der Waals surface area contributed by atoms with E-state index in [0.717, 1.165) is 37.7 Å². The van der Waals surface area contributed by atoms with E-state index in [1.54, 1.807) is 0 Å². The van der Waals surface area contributed by atoms with Gasteiger partial charge in [0.2, 0.25) is 59.1 Å². The summed E-state index contributed by atoms with van der Waals surface area (Å²) in [6.45, 7) is 5.30. The molecule has 0 aromatic heterocycles. The first-order chi connectivity index (χ1) is 38.5. The number of nitrogens with one attached hydrogen (secondary N) is 10. The third-order valence-corrected chi connectivity index (χ3v) is 14.3. The lowest BCUT2D eigenvalue weighted by Gasteiger charge is -2.30. The van der Waals surface area contributed by atoms with Crippen molar-refractivity contribution in [2.45, 2.75) is 184 Å². The van der Waals surface area contributed by atoms with Gasteiger partial charge in [-0.3, -0.25) is 47.9 Å². The van der Waals surface area contributed by atoms with E-state index in [2.05, 4.69) is 53.2 Å². The minimum atomic E-state index is -1.66. The van der Waals surface area contributed by atoms with Crippen LogP contribution in [0.25, 0.3) is 0 Å². The summed E-state index contributed by atoms with van der Waals surface area (Å²) in [4.78, 5) is 140. The lowest BCUT2D eigenvalue weighted by Crippen LogP contribution is -2.61. The molecule has 0 unspecified atom stereocenters. The number of rotatable bonds is 24. The number of nitrogens with two attached hydrogens (primary N) is 5. The standard InChI is InChI=1S/C54H93N15O12/c1-30(2)25-41-51(78)63-36(15-20-55)46(73)62-39(18-23-58)50(77)69-44(31(3)70)53(80)60-24-19-40(49(76)61-37(16-21-56)48(75)67-42(52(79)66-41)27-34-13-9-6-10-14-34)64-47(74)38(17-22-57)65-54(81)45(32(4)71)68-43(72)28-35(29-59)26-33-11-7-5-8-12-33/h5,7-8,11-12,30-32,34-42,44-45,70-71H,6,9-10,13-29,55-59H2,1-4H3,(H,60,80)(H,61,76)(H,62,73)(H,63,78)(H,64,74)(H,65,81)(H,66,79)(H,67,75)(H,68,72)(H,69,77)/t31-,32-,35-,36+,37+,38+,39+,40+,41+,42-,44+,45+/m1/s1. The van der Waals surface area contributed by atoms with Gasteiger partial charge in [0.15, 0.2) is 0 Å². The Morgan fingerprint density at radius 3 is 1.64 bits per heavy atom. The van der Waals surface area contributed by atoms with Crippen molar-refractivity contribution in [3.05, 3.63) is 35.9 Å². The second-order valence-electron chi connectivity index (χ2n) is 21.7. The van der Waals surface area contributed by atoms with E-state index in [9.17, 15) is 58.2 Å². The number of aliphatic hydroxyl groups is 2. The van der Waals surface area contributed by atoms with Gasteiger partial charge >= 0.3 is 0 Å². The summed E-state index contributed by atoms with van der Waals surface area (Å²) < 4.78 is 0. The lowest BCUT2D eigenvalue weighted by molar-refractivity contribution is -0.136. The first-order valence-electron chi connectivity index (χ1n) is 28.5. The highest BCUT2D eigenvalue weighted by molar-refractivity contribution is 5.99. The molecule has 0 bridgehead atoms. The maximum atomic E-state index is 14.5. The molecule has 1 saturated heterocycles. The summed E-state index contributed by atoms with van der Waals surface area (Å²) in [6.07, 6.45) is 0.879. The summed E-state index contributed by atoms with van der Waals surface area (Å²) in [5, 5.41) is 47.4. The van der Waals surface area contributed by atoms with Crippen LogP contribution in [0.2, 0.25) is 0 Å². The van der Waals surface area contributed by atoms with E-state index in [4.69, 9.17) is 28.7 Å². The van der Waals surface area contributed by atoms with Crippen LogP contribution < -0.4 is 81.8 Å². The van der Waals surface area contributed by atoms with E-state index in [-0.39, 0.29) is 95.4 Å². The van der Waals surface area contributed by atoms with E-state index >= 15 is 0 Å². The molecule has 1 aliphatic heterocycles. The highest BCUT2D eigenvalue weighted by Crippen LogP contribution is 2.28. The fourth-order valence-electron chi connectivity index (χ4n) is 9.79. The largest absolute Gasteiger partial charge is 0.391 e. The van der Waals surface area contributed by atoms with Crippen LogP contribution >= 0.6 is 0 Å². The zero-order valence-corrected chi connectivity index (χ0v) is 47.5. The molecule has 1 aliphatic carbocycles. The number of carbonyl (C=O) groups is 10. The molecule has 22 N–H and O–H groups in total. The highest BCUT2D eigenvalue weighted by atomic mass is 16.3. The molecule has 2 aliphatic rings. The Bertz CT molecular complexity index is 2200. The van der Waals surface area contributed by atoms with Crippen molar-refractivity contribution in [2.24, 2.45) is 46.4 Å². The summed E-state index contributed by atoms with van der Waals surface area (Å²) in [5.74, 6) is -9.02. The maximum absolute atomic E-state index is 14.5. The van der Waals surface area contributed by atoms with Gasteiger partial charge in [0.25, 0.3) is 0 Å². The van der Waals surface area contributed by atoms with Crippen LogP contribution in [0.5, 0.6) is 0 Å². The van der Waals surface area contributed by atoms with Gasteiger partial charge in [-0.1, -0.05) is 76.3 Å². The summed E-state index contributed by atoms with van der Waals surface area (Å²) >= 11 is 0. The molecular weight excluding hydrogens is 1050 g/mol. The molecule has 0 radical (unpaired) electrons. The zero-order valence-electron chi connectivity index (χ0n) is 47.5. The topological polar surface area (TPSA) is 462 Å². The normalized spacial score (nSPS) is 24.5. The second-order valence-corrected chi connectivity index (χ2v) is 21.7. The fourth-order valence-corrected chi connectivity index (χ4v) is 9.79. The first-order valence-corrected chi connectivity index (χ1v) is 28.5. The van der Waals surface area contributed by atoms with Crippen LogP contribution in [0.4, 0.5) is 0 Å². The van der Waals surface area contributed by atoms with Crippen molar-refractivity contribution in [3.8, 4) is 0 Å². The molecule has 81 heavy (non-hydrogen) atoms. The fraction of sp³-hybridized carbons (Fsp3) is 0.704. The molecule has 12 atom stereocenters. The number of benzene rings is 1. The lowest BCUT2D eigenvalue weighted by atomic mass is 9.84.